The maximum Gasteiger partial charge on any atom is 0.260 e. The Morgan fingerprint density at radius 2 is 1.79 bits per heavy atom. The molecule has 0 aromatic heterocycles. The molecule has 24 heavy (non-hydrogen) atoms. The largest absolute Gasteiger partial charge is 0.484 e. The van der Waals surface area contributed by atoms with E-state index in [4.69, 9.17) is 4.74 Å². The number of hydrogen-bond donors (Lipinski definition) is 1. The van der Waals surface area contributed by atoms with E-state index < -0.39 is 0 Å². The van der Waals surface area contributed by atoms with E-state index in [0.29, 0.717) is 0 Å². The Labute approximate surface area is 145 Å². The van der Waals surface area contributed by atoms with Gasteiger partial charge in [-0.05, 0) is 50.9 Å². The molecule has 0 bridgehead atoms. The van der Waals surface area contributed by atoms with E-state index in [1.807, 2.05) is 36.1 Å². The lowest BCUT2D eigenvalue weighted by molar-refractivity contribution is -0.135. The first-order chi connectivity index (χ1) is 11.7. The van der Waals surface area contributed by atoms with Crippen LogP contribution >= 0.6 is 0 Å². The van der Waals surface area contributed by atoms with E-state index in [9.17, 15) is 4.79 Å². The summed E-state index contributed by atoms with van der Waals surface area (Å²) in [7, 11) is 0. The average Bonchev–Trinajstić information content (AvgIpc) is 2.62. The lowest BCUT2D eigenvalue weighted by atomic mass is 9.97. The third-order valence-corrected chi connectivity index (χ3v) is 5.08. The van der Waals surface area contributed by atoms with Crippen molar-refractivity contribution in [3.8, 4) is 5.75 Å². The summed E-state index contributed by atoms with van der Waals surface area (Å²) in [5.41, 5.74) is 1.19. The van der Waals surface area contributed by atoms with Gasteiger partial charge in [0.05, 0.1) is 0 Å². The Balaban J connectivity index is 1.37. The molecule has 5 heteroatoms. The van der Waals surface area contributed by atoms with Crippen LogP contribution in [0.2, 0.25) is 0 Å². The van der Waals surface area contributed by atoms with Crippen LogP contribution in [0.5, 0.6) is 5.75 Å². The second-order valence-electron chi connectivity index (χ2n) is 6.98. The normalized spacial score (nSPS) is 20.1. The van der Waals surface area contributed by atoms with Crippen LogP contribution in [0.25, 0.3) is 0 Å². The van der Waals surface area contributed by atoms with Crippen LogP contribution in [0.3, 0.4) is 0 Å². The van der Waals surface area contributed by atoms with Crippen LogP contribution in [0.15, 0.2) is 24.3 Å². The zero-order chi connectivity index (χ0) is 16.8. The zero-order valence-corrected chi connectivity index (χ0v) is 14.7. The molecule has 1 N–H and O–H groups in total. The Morgan fingerprint density at radius 1 is 1.12 bits per heavy atom. The Kier molecular flexibility index (Phi) is 6.10. The number of piperidine rings is 1. The average molecular weight is 331 g/mol. The number of amides is 1. The molecule has 2 fully saturated rings. The first-order valence-electron chi connectivity index (χ1n) is 9.11. The van der Waals surface area contributed by atoms with Crippen LogP contribution in [0.4, 0.5) is 0 Å². The SMILES string of the molecule is Cc1ccc(OCC(=O)N2CCN(CC3CCNCC3)CC2)cc1. The number of aryl methyl sites for hydroxylation is 1. The van der Waals surface area contributed by atoms with Gasteiger partial charge in [-0.1, -0.05) is 17.7 Å². The summed E-state index contributed by atoms with van der Waals surface area (Å²) in [5, 5.41) is 3.42. The Morgan fingerprint density at radius 3 is 2.46 bits per heavy atom. The van der Waals surface area contributed by atoms with E-state index in [0.717, 1.165) is 50.9 Å². The highest BCUT2D eigenvalue weighted by Crippen LogP contribution is 2.15. The number of ether oxygens (including phenoxy) is 1. The molecule has 0 aliphatic carbocycles. The van der Waals surface area contributed by atoms with E-state index in [1.54, 1.807) is 0 Å². The van der Waals surface area contributed by atoms with Crippen LogP contribution in [0.1, 0.15) is 18.4 Å². The van der Waals surface area contributed by atoms with Crippen molar-refractivity contribution in [3.05, 3.63) is 29.8 Å². The fraction of sp³-hybridized carbons (Fsp3) is 0.632. The van der Waals surface area contributed by atoms with Crippen LogP contribution in [-0.2, 0) is 4.79 Å². The highest BCUT2D eigenvalue weighted by molar-refractivity contribution is 5.77. The van der Waals surface area contributed by atoms with Crippen molar-refractivity contribution in [3.63, 3.8) is 0 Å². The fourth-order valence-electron chi connectivity index (χ4n) is 3.48. The molecule has 3 rings (SSSR count). The van der Waals surface area contributed by atoms with E-state index in [-0.39, 0.29) is 12.5 Å². The maximum absolute atomic E-state index is 12.3. The third-order valence-electron chi connectivity index (χ3n) is 5.08. The molecule has 2 aliphatic rings. The topological polar surface area (TPSA) is 44.8 Å². The molecule has 1 aromatic carbocycles. The first kappa shape index (κ1) is 17.2. The summed E-state index contributed by atoms with van der Waals surface area (Å²) >= 11 is 0. The van der Waals surface area contributed by atoms with Crippen LogP contribution in [0, 0.1) is 12.8 Å². The predicted molar refractivity (Wildman–Crippen MR) is 95.3 cm³/mol. The maximum atomic E-state index is 12.3. The van der Waals surface area contributed by atoms with E-state index >= 15 is 0 Å². The molecule has 2 saturated heterocycles. The molecule has 0 saturated carbocycles. The number of piperazine rings is 1. The summed E-state index contributed by atoms with van der Waals surface area (Å²) in [6.45, 7) is 9.28. The Bertz CT molecular complexity index is 518. The van der Waals surface area contributed by atoms with Gasteiger partial charge in [-0.25, -0.2) is 0 Å². The first-order valence-corrected chi connectivity index (χ1v) is 9.11. The molecule has 1 aromatic rings. The number of hydrogen-bond acceptors (Lipinski definition) is 4. The van der Waals surface area contributed by atoms with Gasteiger partial charge >= 0.3 is 0 Å². The molecule has 5 nitrogen and oxygen atoms in total. The van der Waals surface area contributed by atoms with Crippen molar-refractivity contribution in [1.82, 2.24) is 15.1 Å². The van der Waals surface area contributed by atoms with E-state index in [1.165, 1.54) is 24.9 Å². The molecule has 2 heterocycles. The van der Waals surface area contributed by atoms with Gasteiger partial charge in [0.2, 0.25) is 0 Å². The molecular formula is C19H29N3O2. The third kappa shape index (κ3) is 4.95. The van der Waals surface area contributed by atoms with Gasteiger partial charge in [-0.15, -0.1) is 0 Å². The minimum atomic E-state index is 0.0945. The number of nitrogens with one attached hydrogen (secondary N) is 1. The van der Waals surface area contributed by atoms with Crippen molar-refractivity contribution >= 4 is 5.91 Å². The van der Waals surface area contributed by atoms with Crippen molar-refractivity contribution in [2.75, 3.05) is 52.4 Å². The molecule has 0 atom stereocenters. The van der Waals surface area contributed by atoms with Gasteiger partial charge in [-0.2, -0.15) is 0 Å². The van der Waals surface area contributed by atoms with Crippen LogP contribution < -0.4 is 10.1 Å². The summed E-state index contributed by atoms with van der Waals surface area (Å²) < 4.78 is 5.61. The van der Waals surface area contributed by atoms with Crippen molar-refractivity contribution < 1.29 is 9.53 Å². The number of benzene rings is 1. The number of rotatable bonds is 5. The lowest BCUT2D eigenvalue weighted by Gasteiger charge is -2.37. The minimum Gasteiger partial charge on any atom is -0.484 e. The molecule has 2 aliphatic heterocycles. The van der Waals surface area contributed by atoms with Gasteiger partial charge in [-0.3, -0.25) is 9.69 Å². The minimum absolute atomic E-state index is 0.0945. The molecule has 1 amide bonds. The molecule has 132 valence electrons. The van der Waals surface area contributed by atoms with Gasteiger partial charge in [0.25, 0.3) is 5.91 Å². The number of nitrogens with zero attached hydrogens (tertiary/aromatic N) is 2. The molecule has 0 radical (unpaired) electrons. The number of carbonyl (C=O) groups excluding carboxylic acids is 1. The van der Waals surface area contributed by atoms with E-state index in [2.05, 4.69) is 10.2 Å². The summed E-state index contributed by atoms with van der Waals surface area (Å²) in [4.78, 5) is 16.8. The smallest absolute Gasteiger partial charge is 0.260 e. The molecule has 0 unspecified atom stereocenters. The molecule has 0 spiro atoms. The van der Waals surface area contributed by atoms with Crippen LogP contribution in [-0.4, -0.2) is 68.1 Å². The number of carbonyl (C=O) groups is 1. The monoisotopic (exact) mass is 331 g/mol. The van der Waals surface area contributed by atoms with Crippen molar-refractivity contribution in [2.24, 2.45) is 5.92 Å². The second kappa shape index (κ2) is 8.49. The van der Waals surface area contributed by atoms with Gasteiger partial charge in [0, 0.05) is 32.7 Å². The van der Waals surface area contributed by atoms with Gasteiger partial charge in [0.1, 0.15) is 5.75 Å². The van der Waals surface area contributed by atoms with Crippen molar-refractivity contribution in [2.45, 2.75) is 19.8 Å². The zero-order valence-electron chi connectivity index (χ0n) is 14.7. The second-order valence-corrected chi connectivity index (χ2v) is 6.98. The summed E-state index contributed by atoms with van der Waals surface area (Å²) in [6, 6.07) is 7.83. The highest BCUT2D eigenvalue weighted by atomic mass is 16.5. The lowest BCUT2D eigenvalue weighted by Crippen LogP contribution is -2.51. The quantitative estimate of drug-likeness (QED) is 0.888. The van der Waals surface area contributed by atoms with Gasteiger partial charge < -0.3 is 15.0 Å². The standard InChI is InChI=1S/C19H29N3O2/c1-16-2-4-18(5-3-16)24-15-19(23)22-12-10-21(11-13-22)14-17-6-8-20-9-7-17/h2-5,17,20H,6-15H2,1H3. The van der Waals surface area contributed by atoms with Crippen molar-refractivity contribution in [1.29, 1.82) is 0 Å². The summed E-state index contributed by atoms with van der Waals surface area (Å²) in [6.07, 6.45) is 2.56. The fourth-order valence-corrected chi connectivity index (χ4v) is 3.48. The summed E-state index contributed by atoms with van der Waals surface area (Å²) in [5.74, 6) is 1.67. The molecular weight excluding hydrogens is 302 g/mol. The highest BCUT2D eigenvalue weighted by Gasteiger charge is 2.24. The predicted octanol–water partition coefficient (Wildman–Crippen LogP) is 1.52. The van der Waals surface area contributed by atoms with Gasteiger partial charge in [0.15, 0.2) is 6.61 Å². The Hall–Kier alpha value is -1.59.